The van der Waals surface area contributed by atoms with E-state index in [1.54, 1.807) is 12.1 Å². The fourth-order valence-electron chi connectivity index (χ4n) is 2.63. The number of nitrogens with zero attached hydrogens (tertiary/aromatic N) is 1. The molecule has 0 aliphatic heterocycles. The number of nitrogens with one attached hydrogen (secondary N) is 2. The van der Waals surface area contributed by atoms with Gasteiger partial charge in [-0.25, -0.2) is 4.98 Å². The standard InChI is InChI=1S/C23H26F3N3O/c1-16(2)6-4-7-17(3)12-13-27-22(30)18-10-11-21(28-15-18)29-20-9-5-8-19(14-20)23(24,25)26/h5-6,8-12,14-15H,4,7,13H2,1-3H3,(H,27,30)(H,28,29)/b17-12+. The summed E-state index contributed by atoms with van der Waals surface area (Å²) in [6.45, 7) is 6.58. The van der Waals surface area contributed by atoms with Gasteiger partial charge in [0.25, 0.3) is 5.91 Å². The number of hydrogen-bond donors (Lipinski definition) is 2. The molecular formula is C23H26F3N3O. The zero-order chi connectivity index (χ0) is 22.1. The number of benzene rings is 1. The molecule has 1 aromatic carbocycles. The molecule has 0 saturated carbocycles. The van der Waals surface area contributed by atoms with E-state index in [0.29, 0.717) is 17.9 Å². The number of amides is 1. The van der Waals surface area contributed by atoms with Crippen molar-refractivity contribution in [2.45, 2.75) is 39.8 Å². The van der Waals surface area contributed by atoms with Crippen LogP contribution in [0.4, 0.5) is 24.7 Å². The van der Waals surface area contributed by atoms with Gasteiger partial charge in [0.05, 0.1) is 11.1 Å². The number of rotatable bonds is 8. The molecule has 0 bridgehead atoms. The van der Waals surface area contributed by atoms with Gasteiger partial charge in [0.1, 0.15) is 5.82 Å². The van der Waals surface area contributed by atoms with Crippen LogP contribution in [0.5, 0.6) is 0 Å². The van der Waals surface area contributed by atoms with Crippen LogP contribution in [0.1, 0.15) is 49.5 Å². The van der Waals surface area contributed by atoms with Crippen molar-refractivity contribution in [3.05, 3.63) is 77.0 Å². The highest BCUT2D eigenvalue weighted by atomic mass is 19.4. The minimum absolute atomic E-state index is 0.263. The summed E-state index contributed by atoms with van der Waals surface area (Å²) < 4.78 is 38.4. The molecule has 1 aromatic heterocycles. The molecule has 4 nitrogen and oxygen atoms in total. The Hall–Kier alpha value is -3.09. The van der Waals surface area contributed by atoms with Crippen molar-refractivity contribution >= 4 is 17.4 Å². The molecule has 0 fully saturated rings. The summed E-state index contributed by atoms with van der Waals surface area (Å²) in [4.78, 5) is 16.3. The van der Waals surface area contributed by atoms with Gasteiger partial charge < -0.3 is 10.6 Å². The van der Waals surface area contributed by atoms with E-state index in [1.165, 1.54) is 29.5 Å². The van der Waals surface area contributed by atoms with Crippen molar-refractivity contribution in [1.82, 2.24) is 10.3 Å². The zero-order valence-corrected chi connectivity index (χ0v) is 17.3. The van der Waals surface area contributed by atoms with Crippen molar-refractivity contribution in [3.8, 4) is 0 Å². The van der Waals surface area contributed by atoms with Crippen molar-refractivity contribution in [2.75, 3.05) is 11.9 Å². The van der Waals surface area contributed by atoms with E-state index < -0.39 is 11.7 Å². The predicted molar refractivity (Wildman–Crippen MR) is 114 cm³/mol. The number of alkyl halides is 3. The molecule has 2 rings (SSSR count). The third kappa shape index (κ3) is 7.73. The predicted octanol–water partition coefficient (Wildman–Crippen LogP) is 6.27. The molecule has 0 aliphatic carbocycles. The van der Waals surface area contributed by atoms with Gasteiger partial charge in [0.15, 0.2) is 0 Å². The lowest BCUT2D eigenvalue weighted by Crippen LogP contribution is -2.23. The topological polar surface area (TPSA) is 54.0 Å². The molecule has 0 atom stereocenters. The molecule has 2 aromatic rings. The lowest BCUT2D eigenvalue weighted by Gasteiger charge is -2.10. The Bertz CT molecular complexity index is 912. The summed E-state index contributed by atoms with van der Waals surface area (Å²) in [7, 11) is 0. The fourth-order valence-corrected chi connectivity index (χ4v) is 2.63. The molecule has 160 valence electrons. The van der Waals surface area contributed by atoms with E-state index >= 15 is 0 Å². The van der Waals surface area contributed by atoms with Gasteiger partial charge in [0, 0.05) is 18.4 Å². The third-order valence-electron chi connectivity index (χ3n) is 4.29. The van der Waals surface area contributed by atoms with Crippen LogP contribution in [-0.4, -0.2) is 17.4 Å². The molecule has 30 heavy (non-hydrogen) atoms. The number of hydrogen-bond acceptors (Lipinski definition) is 3. The maximum absolute atomic E-state index is 12.8. The minimum Gasteiger partial charge on any atom is -0.349 e. The maximum atomic E-state index is 12.8. The van der Waals surface area contributed by atoms with Crippen LogP contribution in [-0.2, 0) is 6.18 Å². The van der Waals surface area contributed by atoms with E-state index in [2.05, 4.69) is 35.5 Å². The Kier molecular flexibility index (Phi) is 8.21. The second kappa shape index (κ2) is 10.6. The first-order chi connectivity index (χ1) is 14.1. The molecule has 1 heterocycles. The highest BCUT2D eigenvalue weighted by molar-refractivity contribution is 5.94. The lowest BCUT2D eigenvalue weighted by atomic mass is 10.1. The van der Waals surface area contributed by atoms with E-state index in [9.17, 15) is 18.0 Å². The van der Waals surface area contributed by atoms with Crippen LogP contribution < -0.4 is 10.6 Å². The van der Waals surface area contributed by atoms with Gasteiger partial charge in [-0.15, -0.1) is 0 Å². The molecule has 0 aliphatic rings. The quantitative estimate of drug-likeness (QED) is 0.498. The summed E-state index contributed by atoms with van der Waals surface area (Å²) >= 11 is 0. The van der Waals surface area contributed by atoms with Crippen LogP contribution in [0.15, 0.2) is 65.9 Å². The van der Waals surface area contributed by atoms with Crippen LogP contribution in [0.2, 0.25) is 0 Å². The molecule has 0 spiro atoms. The van der Waals surface area contributed by atoms with Crippen molar-refractivity contribution < 1.29 is 18.0 Å². The van der Waals surface area contributed by atoms with Gasteiger partial charge in [-0.3, -0.25) is 4.79 Å². The number of halogens is 3. The second-order valence-corrected chi connectivity index (χ2v) is 7.22. The minimum atomic E-state index is -4.41. The van der Waals surface area contributed by atoms with Crippen LogP contribution >= 0.6 is 0 Å². The maximum Gasteiger partial charge on any atom is 0.416 e. The molecular weight excluding hydrogens is 391 g/mol. The van der Waals surface area contributed by atoms with Crippen molar-refractivity contribution in [1.29, 1.82) is 0 Å². The first-order valence-electron chi connectivity index (χ1n) is 9.62. The van der Waals surface area contributed by atoms with Gasteiger partial charge >= 0.3 is 6.18 Å². The van der Waals surface area contributed by atoms with Gasteiger partial charge in [-0.1, -0.05) is 29.4 Å². The Morgan fingerprint density at radius 1 is 1.10 bits per heavy atom. The van der Waals surface area contributed by atoms with E-state index in [0.717, 1.165) is 25.0 Å². The summed E-state index contributed by atoms with van der Waals surface area (Å²) in [5, 5.41) is 5.62. The highest BCUT2D eigenvalue weighted by Gasteiger charge is 2.30. The molecule has 1 amide bonds. The van der Waals surface area contributed by atoms with Gasteiger partial charge in [0.2, 0.25) is 0 Å². The van der Waals surface area contributed by atoms with E-state index in [-0.39, 0.29) is 11.6 Å². The summed E-state index contributed by atoms with van der Waals surface area (Å²) in [6, 6.07) is 7.98. The fraction of sp³-hybridized carbons (Fsp3) is 0.304. The number of aromatic nitrogens is 1. The Morgan fingerprint density at radius 3 is 2.50 bits per heavy atom. The Labute approximate surface area is 174 Å². The molecule has 7 heteroatoms. The van der Waals surface area contributed by atoms with Gasteiger partial charge in [-0.2, -0.15) is 13.2 Å². The van der Waals surface area contributed by atoms with Gasteiger partial charge in [-0.05, 0) is 63.9 Å². The van der Waals surface area contributed by atoms with Crippen LogP contribution in [0.25, 0.3) is 0 Å². The average molecular weight is 417 g/mol. The molecule has 0 unspecified atom stereocenters. The number of pyridine rings is 1. The average Bonchev–Trinajstić information content (AvgIpc) is 2.68. The molecule has 0 saturated heterocycles. The van der Waals surface area contributed by atoms with Crippen molar-refractivity contribution in [2.24, 2.45) is 0 Å². The Balaban J connectivity index is 1.89. The third-order valence-corrected chi connectivity index (χ3v) is 4.29. The number of carbonyl (C=O) groups is 1. The summed E-state index contributed by atoms with van der Waals surface area (Å²) in [5.74, 6) is 0.0855. The smallest absolute Gasteiger partial charge is 0.349 e. The first-order valence-corrected chi connectivity index (χ1v) is 9.62. The SMILES string of the molecule is CC(C)=CCC/C(C)=C/CNC(=O)c1ccc(Nc2cccc(C(F)(F)F)c2)nc1. The van der Waals surface area contributed by atoms with Crippen LogP contribution in [0, 0.1) is 0 Å². The number of anilines is 2. The molecule has 0 radical (unpaired) electrons. The van der Waals surface area contributed by atoms with Crippen LogP contribution in [0.3, 0.4) is 0 Å². The normalized spacial score (nSPS) is 11.7. The zero-order valence-electron chi connectivity index (χ0n) is 17.3. The summed E-state index contributed by atoms with van der Waals surface area (Å²) in [5.41, 5.74) is 2.39. The highest BCUT2D eigenvalue weighted by Crippen LogP contribution is 2.31. The lowest BCUT2D eigenvalue weighted by molar-refractivity contribution is -0.137. The number of carbonyl (C=O) groups excluding carboxylic acids is 1. The second-order valence-electron chi connectivity index (χ2n) is 7.22. The molecule has 2 N–H and O–H groups in total. The van der Waals surface area contributed by atoms with E-state index in [1.807, 2.05) is 13.0 Å². The summed E-state index contributed by atoms with van der Waals surface area (Å²) in [6.07, 6.45) is 3.05. The monoisotopic (exact) mass is 417 g/mol. The largest absolute Gasteiger partial charge is 0.416 e. The van der Waals surface area contributed by atoms with Crippen molar-refractivity contribution in [3.63, 3.8) is 0 Å². The number of allylic oxidation sites excluding steroid dienone is 3. The first kappa shape index (κ1) is 23.2. The Morgan fingerprint density at radius 2 is 1.87 bits per heavy atom. The van der Waals surface area contributed by atoms with E-state index in [4.69, 9.17) is 0 Å².